The van der Waals surface area contributed by atoms with Gasteiger partial charge in [0.05, 0.1) is 11.8 Å². The second-order valence-electron chi connectivity index (χ2n) is 5.33. The largest absolute Gasteiger partial charge is 0.469 e. The molecule has 1 aromatic heterocycles. The standard InChI is InChI=1S/C15H24N2O2/c1-3-17(14-7-5-4-6-12(14)10-16)15(18)13-8-9-19-11(13)2/h8-9,12,14H,3-7,10,16H2,1-2H3. The summed E-state index contributed by atoms with van der Waals surface area (Å²) < 4.78 is 5.25. The highest BCUT2D eigenvalue weighted by Crippen LogP contribution is 2.29. The second-order valence-corrected chi connectivity index (χ2v) is 5.33. The van der Waals surface area contributed by atoms with Gasteiger partial charge in [-0.2, -0.15) is 0 Å². The number of rotatable bonds is 4. The van der Waals surface area contributed by atoms with Crippen molar-refractivity contribution in [2.75, 3.05) is 13.1 Å². The van der Waals surface area contributed by atoms with Crippen LogP contribution in [0.15, 0.2) is 16.7 Å². The van der Waals surface area contributed by atoms with Gasteiger partial charge >= 0.3 is 0 Å². The van der Waals surface area contributed by atoms with E-state index in [1.807, 2.05) is 18.7 Å². The minimum atomic E-state index is 0.0825. The van der Waals surface area contributed by atoms with Crippen LogP contribution in [0.25, 0.3) is 0 Å². The third-order valence-electron chi connectivity index (χ3n) is 4.26. The zero-order chi connectivity index (χ0) is 13.8. The Labute approximate surface area is 114 Å². The molecule has 0 aliphatic heterocycles. The minimum absolute atomic E-state index is 0.0825. The molecule has 4 nitrogen and oxygen atoms in total. The fourth-order valence-corrected chi connectivity index (χ4v) is 3.16. The first-order chi connectivity index (χ1) is 9.19. The maximum Gasteiger partial charge on any atom is 0.257 e. The van der Waals surface area contributed by atoms with Gasteiger partial charge in [-0.25, -0.2) is 0 Å². The lowest BCUT2D eigenvalue weighted by Crippen LogP contribution is -2.48. The summed E-state index contributed by atoms with van der Waals surface area (Å²) >= 11 is 0. The van der Waals surface area contributed by atoms with Crippen LogP contribution in [0.5, 0.6) is 0 Å². The highest BCUT2D eigenvalue weighted by Gasteiger charge is 2.32. The third kappa shape index (κ3) is 2.84. The van der Waals surface area contributed by atoms with Crippen LogP contribution in [-0.4, -0.2) is 29.9 Å². The van der Waals surface area contributed by atoms with Crippen molar-refractivity contribution >= 4 is 5.91 Å². The van der Waals surface area contributed by atoms with Gasteiger partial charge in [0.15, 0.2) is 0 Å². The van der Waals surface area contributed by atoms with Crippen molar-refractivity contribution in [2.24, 2.45) is 11.7 Å². The Hall–Kier alpha value is -1.29. The zero-order valence-electron chi connectivity index (χ0n) is 11.9. The molecule has 2 unspecified atom stereocenters. The molecule has 4 heteroatoms. The van der Waals surface area contributed by atoms with Crippen LogP contribution in [0, 0.1) is 12.8 Å². The van der Waals surface area contributed by atoms with Crippen molar-refractivity contribution < 1.29 is 9.21 Å². The number of aryl methyl sites for hydroxylation is 1. The molecule has 2 rings (SSSR count). The normalized spacial score (nSPS) is 23.3. The summed E-state index contributed by atoms with van der Waals surface area (Å²) in [7, 11) is 0. The van der Waals surface area contributed by atoms with Crippen LogP contribution in [0.2, 0.25) is 0 Å². The molecule has 0 radical (unpaired) electrons. The van der Waals surface area contributed by atoms with Crippen molar-refractivity contribution in [3.8, 4) is 0 Å². The molecule has 1 aliphatic carbocycles. The first-order valence-electron chi connectivity index (χ1n) is 7.24. The number of hydrogen-bond acceptors (Lipinski definition) is 3. The molecule has 1 aromatic rings. The number of hydrogen-bond donors (Lipinski definition) is 1. The molecule has 19 heavy (non-hydrogen) atoms. The third-order valence-corrected chi connectivity index (χ3v) is 4.26. The van der Waals surface area contributed by atoms with Crippen molar-refractivity contribution in [2.45, 2.75) is 45.6 Å². The Balaban J connectivity index is 2.19. The first kappa shape index (κ1) is 14.1. The average Bonchev–Trinajstić information content (AvgIpc) is 2.86. The number of nitrogens with two attached hydrogens (primary N) is 1. The molecule has 1 aliphatic rings. The summed E-state index contributed by atoms with van der Waals surface area (Å²) in [6, 6.07) is 2.05. The Bertz CT molecular complexity index is 428. The quantitative estimate of drug-likeness (QED) is 0.909. The molecule has 1 fully saturated rings. The molecule has 2 N–H and O–H groups in total. The van der Waals surface area contributed by atoms with Gasteiger partial charge in [-0.05, 0) is 45.2 Å². The molecule has 0 aromatic carbocycles. The topological polar surface area (TPSA) is 59.5 Å². The minimum Gasteiger partial charge on any atom is -0.469 e. The molecule has 0 bridgehead atoms. The summed E-state index contributed by atoms with van der Waals surface area (Å²) in [4.78, 5) is 14.6. The van der Waals surface area contributed by atoms with Crippen molar-refractivity contribution in [3.63, 3.8) is 0 Å². The van der Waals surface area contributed by atoms with Gasteiger partial charge in [-0.15, -0.1) is 0 Å². The van der Waals surface area contributed by atoms with E-state index in [2.05, 4.69) is 0 Å². The van der Waals surface area contributed by atoms with E-state index in [0.717, 1.165) is 19.4 Å². The van der Waals surface area contributed by atoms with E-state index in [4.69, 9.17) is 10.2 Å². The van der Waals surface area contributed by atoms with Crippen LogP contribution < -0.4 is 5.73 Å². The Kier molecular flexibility index (Phi) is 4.64. The predicted octanol–water partition coefficient (Wildman–Crippen LogP) is 2.57. The van der Waals surface area contributed by atoms with Gasteiger partial charge in [0.2, 0.25) is 0 Å². The number of furan rings is 1. The molecular weight excluding hydrogens is 240 g/mol. The Morgan fingerprint density at radius 3 is 2.79 bits per heavy atom. The molecule has 2 atom stereocenters. The van der Waals surface area contributed by atoms with E-state index in [1.54, 1.807) is 12.3 Å². The van der Waals surface area contributed by atoms with E-state index in [1.165, 1.54) is 12.8 Å². The highest BCUT2D eigenvalue weighted by molar-refractivity contribution is 5.95. The van der Waals surface area contributed by atoms with Gasteiger partial charge in [0.25, 0.3) is 5.91 Å². The van der Waals surface area contributed by atoms with E-state index < -0.39 is 0 Å². The lowest BCUT2D eigenvalue weighted by molar-refractivity contribution is 0.0558. The number of amides is 1. The van der Waals surface area contributed by atoms with Crippen LogP contribution >= 0.6 is 0 Å². The van der Waals surface area contributed by atoms with Crippen LogP contribution in [0.1, 0.15) is 48.7 Å². The lowest BCUT2D eigenvalue weighted by Gasteiger charge is -2.39. The second kappa shape index (κ2) is 6.24. The maximum absolute atomic E-state index is 12.6. The van der Waals surface area contributed by atoms with Gasteiger partial charge in [-0.1, -0.05) is 12.8 Å². The SMILES string of the molecule is CCN(C(=O)c1ccoc1C)C1CCCCC1CN. The number of carbonyl (C=O) groups is 1. The number of carbonyl (C=O) groups excluding carboxylic acids is 1. The average molecular weight is 264 g/mol. The van der Waals surface area contributed by atoms with Gasteiger partial charge in [0.1, 0.15) is 5.76 Å². The van der Waals surface area contributed by atoms with Crippen LogP contribution in [0.4, 0.5) is 0 Å². The van der Waals surface area contributed by atoms with E-state index in [-0.39, 0.29) is 11.9 Å². The Morgan fingerprint density at radius 2 is 2.21 bits per heavy atom. The maximum atomic E-state index is 12.6. The molecule has 0 spiro atoms. The van der Waals surface area contributed by atoms with Crippen LogP contribution in [-0.2, 0) is 0 Å². The molecule has 1 amide bonds. The summed E-state index contributed by atoms with van der Waals surface area (Å²) in [6.45, 7) is 5.27. The fourth-order valence-electron chi connectivity index (χ4n) is 3.16. The lowest BCUT2D eigenvalue weighted by atomic mass is 9.83. The van der Waals surface area contributed by atoms with Crippen molar-refractivity contribution in [1.29, 1.82) is 0 Å². The zero-order valence-corrected chi connectivity index (χ0v) is 11.9. The summed E-state index contributed by atoms with van der Waals surface area (Å²) in [5.74, 6) is 1.22. The Morgan fingerprint density at radius 1 is 1.47 bits per heavy atom. The number of nitrogens with zero attached hydrogens (tertiary/aromatic N) is 1. The molecule has 0 saturated heterocycles. The first-order valence-corrected chi connectivity index (χ1v) is 7.24. The van der Waals surface area contributed by atoms with E-state index >= 15 is 0 Å². The van der Waals surface area contributed by atoms with Crippen LogP contribution in [0.3, 0.4) is 0 Å². The highest BCUT2D eigenvalue weighted by atomic mass is 16.3. The van der Waals surface area contributed by atoms with Gasteiger partial charge in [0, 0.05) is 12.6 Å². The molecular formula is C15H24N2O2. The summed E-state index contributed by atoms with van der Waals surface area (Å²) in [5, 5.41) is 0. The monoisotopic (exact) mass is 264 g/mol. The van der Waals surface area contributed by atoms with Crippen molar-refractivity contribution in [1.82, 2.24) is 4.90 Å². The molecule has 106 valence electrons. The fraction of sp³-hybridized carbons (Fsp3) is 0.667. The predicted molar refractivity (Wildman–Crippen MR) is 75.0 cm³/mol. The summed E-state index contributed by atoms with van der Waals surface area (Å²) in [6.07, 6.45) is 6.20. The van der Waals surface area contributed by atoms with E-state index in [0.29, 0.717) is 23.8 Å². The van der Waals surface area contributed by atoms with E-state index in [9.17, 15) is 4.79 Å². The molecule has 1 saturated carbocycles. The van der Waals surface area contributed by atoms with Gasteiger partial charge < -0.3 is 15.1 Å². The summed E-state index contributed by atoms with van der Waals surface area (Å²) in [5.41, 5.74) is 6.56. The molecule has 1 heterocycles. The van der Waals surface area contributed by atoms with Crippen molar-refractivity contribution in [3.05, 3.63) is 23.7 Å². The van der Waals surface area contributed by atoms with Gasteiger partial charge in [-0.3, -0.25) is 4.79 Å². The smallest absolute Gasteiger partial charge is 0.257 e.